The van der Waals surface area contributed by atoms with Crippen LogP contribution < -0.4 is 5.32 Å². The van der Waals surface area contributed by atoms with Gasteiger partial charge in [-0.05, 0) is 30.9 Å². The van der Waals surface area contributed by atoms with Gasteiger partial charge in [0.1, 0.15) is 24.4 Å². The lowest BCUT2D eigenvalue weighted by atomic mass is 9.74. The summed E-state index contributed by atoms with van der Waals surface area (Å²) in [6, 6.07) is 6.89. The Balaban J connectivity index is 1.60. The second-order valence-electron chi connectivity index (χ2n) is 11.6. The van der Waals surface area contributed by atoms with Gasteiger partial charge in [0, 0.05) is 24.0 Å². The van der Waals surface area contributed by atoms with E-state index in [0.29, 0.717) is 23.9 Å². The quantitative estimate of drug-likeness (QED) is 0.341. The number of fused-ring (bicyclic) bond motifs is 2. The minimum absolute atomic E-state index is 0.0717. The Morgan fingerprint density at radius 2 is 1.88 bits per heavy atom. The summed E-state index contributed by atoms with van der Waals surface area (Å²) in [4.78, 5) is 58.8. The largest absolute Gasteiger partial charge is 0.463 e. The fourth-order valence-corrected chi connectivity index (χ4v) is 7.54. The van der Waals surface area contributed by atoms with Crippen molar-refractivity contribution in [2.45, 2.75) is 75.8 Å². The molecule has 0 aromatic heterocycles. The van der Waals surface area contributed by atoms with Gasteiger partial charge in [-0.15, -0.1) is 0 Å². The number of carbonyl (C=O) groups excluding carboxylic acids is 4. The maximum atomic E-state index is 14.5. The summed E-state index contributed by atoms with van der Waals surface area (Å²) < 4.78 is 12.8. The van der Waals surface area contributed by atoms with E-state index in [2.05, 4.69) is 21.2 Å². The molecule has 5 rings (SSSR count). The second kappa shape index (κ2) is 13.3. The van der Waals surface area contributed by atoms with E-state index in [0.717, 1.165) is 18.4 Å². The van der Waals surface area contributed by atoms with Crippen LogP contribution in [0.1, 0.15) is 57.6 Å². The summed E-state index contributed by atoms with van der Waals surface area (Å²) in [6.45, 7) is 4.26. The number of halogens is 1. The molecule has 7 atom stereocenters. The first kappa shape index (κ1) is 31.4. The maximum absolute atomic E-state index is 14.5. The lowest BCUT2D eigenvalue weighted by Gasteiger charge is -2.38. The van der Waals surface area contributed by atoms with Crippen LogP contribution >= 0.6 is 15.9 Å². The number of nitrogens with one attached hydrogen (secondary N) is 1. The minimum Gasteiger partial charge on any atom is -0.463 e. The molecule has 1 spiro atoms. The molecule has 43 heavy (non-hydrogen) atoms. The summed E-state index contributed by atoms with van der Waals surface area (Å²) in [5, 5.41) is 13.4. The van der Waals surface area contributed by atoms with Crippen molar-refractivity contribution in [3.8, 4) is 0 Å². The highest BCUT2D eigenvalue weighted by atomic mass is 79.9. The van der Waals surface area contributed by atoms with Crippen molar-refractivity contribution in [2.75, 3.05) is 26.3 Å². The number of ether oxygens (including phenoxy) is 2. The van der Waals surface area contributed by atoms with E-state index >= 15 is 0 Å². The fraction of sp³-hybridized carbons (Fsp3) is 0.562. The number of amides is 3. The lowest BCUT2D eigenvalue weighted by molar-refractivity contribution is -0.150. The standard InChI is InChI=1S/C32H40BrN3O7/c1-3-5-15-35-16-11-7-10-14-24(38)42-19-23(20-12-8-6-9-13-20)34-29(39)25-26-30(40)36(21(4-2)18-37)28(31(35)41)32(26)17-22(33)27(25)43-32/h6-9,11-13,17,21,23,25-28,37H,3-5,10,14-16,18-19H2,1-2H3,(H,34,39)/b11-7-/t21-,23-,25-,26+,27-,28-,32+/m0/s1. The van der Waals surface area contributed by atoms with E-state index in [-0.39, 0.29) is 38.0 Å². The Labute approximate surface area is 260 Å². The first-order valence-corrected chi connectivity index (χ1v) is 16.0. The van der Waals surface area contributed by atoms with Gasteiger partial charge in [0.25, 0.3) is 0 Å². The third-order valence-corrected chi connectivity index (χ3v) is 9.69. The van der Waals surface area contributed by atoms with Crippen LogP contribution in [0.2, 0.25) is 0 Å². The van der Waals surface area contributed by atoms with Gasteiger partial charge in [-0.3, -0.25) is 19.2 Å². The summed E-state index contributed by atoms with van der Waals surface area (Å²) in [6.07, 6.45) is 7.38. The average Bonchev–Trinajstić information content (AvgIpc) is 3.60. The van der Waals surface area contributed by atoms with Crippen molar-refractivity contribution in [2.24, 2.45) is 11.8 Å². The van der Waals surface area contributed by atoms with Crippen LogP contribution in [0.5, 0.6) is 0 Å². The van der Waals surface area contributed by atoms with Crippen molar-refractivity contribution in [1.29, 1.82) is 0 Å². The molecule has 10 nitrogen and oxygen atoms in total. The van der Waals surface area contributed by atoms with E-state index in [1.54, 1.807) is 11.0 Å². The van der Waals surface area contributed by atoms with Gasteiger partial charge in [-0.2, -0.15) is 0 Å². The number of aliphatic hydroxyl groups excluding tert-OH is 1. The number of allylic oxidation sites excluding steroid dienone is 1. The predicted molar refractivity (Wildman–Crippen MR) is 162 cm³/mol. The molecule has 4 heterocycles. The van der Waals surface area contributed by atoms with Crippen molar-refractivity contribution < 1.29 is 33.8 Å². The summed E-state index contributed by atoms with van der Waals surface area (Å²) in [5.74, 6) is -3.40. The Hall–Kier alpha value is -3.02. The van der Waals surface area contributed by atoms with E-state index < -0.39 is 53.5 Å². The molecule has 1 aromatic carbocycles. The fourth-order valence-electron chi connectivity index (χ4n) is 6.80. The highest BCUT2D eigenvalue weighted by Crippen LogP contribution is 2.59. The SMILES string of the molecule is CCCCN1C/C=C\CCC(=O)OC[C@@H](c2ccccc2)NC(=O)[C@@H]2[C@H]3O[C@@]4(C=C3Br)[C@H](C1=O)N([C@@H](CC)CO)C(=O)[C@@H]24. The number of unbranched alkanes of at least 4 members (excludes halogenated alkanes) is 1. The number of cyclic esters (lactones) is 1. The van der Waals surface area contributed by atoms with Crippen LogP contribution in [0.3, 0.4) is 0 Å². The van der Waals surface area contributed by atoms with Crippen molar-refractivity contribution in [1.82, 2.24) is 15.1 Å². The number of nitrogens with zero attached hydrogens (tertiary/aromatic N) is 2. The Kier molecular flexibility index (Phi) is 9.73. The molecular formula is C32H40BrN3O7. The van der Waals surface area contributed by atoms with Crippen molar-refractivity contribution in [3.63, 3.8) is 0 Å². The molecule has 4 aliphatic heterocycles. The van der Waals surface area contributed by atoms with Gasteiger partial charge in [0.15, 0.2) is 0 Å². The number of hydrogen-bond donors (Lipinski definition) is 2. The third-order valence-electron chi connectivity index (χ3n) is 9.01. The van der Waals surface area contributed by atoms with Gasteiger partial charge in [-0.1, -0.05) is 78.7 Å². The van der Waals surface area contributed by atoms with E-state index in [1.165, 1.54) is 4.90 Å². The van der Waals surface area contributed by atoms with Crippen LogP contribution in [0, 0.1) is 11.8 Å². The molecule has 0 aliphatic carbocycles. The van der Waals surface area contributed by atoms with Gasteiger partial charge >= 0.3 is 5.97 Å². The molecule has 0 unspecified atom stereocenters. The van der Waals surface area contributed by atoms with E-state index in [4.69, 9.17) is 9.47 Å². The monoisotopic (exact) mass is 657 g/mol. The Morgan fingerprint density at radius 3 is 2.58 bits per heavy atom. The number of benzene rings is 1. The molecule has 2 saturated heterocycles. The van der Waals surface area contributed by atoms with Crippen LogP contribution in [-0.2, 0) is 28.7 Å². The normalized spacial score (nSPS) is 32.7. The van der Waals surface area contributed by atoms with Crippen molar-refractivity contribution >= 4 is 39.6 Å². The van der Waals surface area contributed by atoms with E-state index in [1.807, 2.05) is 56.3 Å². The second-order valence-corrected chi connectivity index (χ2v) is 12.5. The number of esters is 1. The molecule has 1 aromatic rings. The predicted octanol–water partition coefficient (Wildman–Crippen LogP) is 3.01. The number of hydrogen-bond acceptors (Lipinski definition) is 7. The summed E-state index contributed by atoms with van der Waals surface area (Å²) in [5.41, 5.74) is -0.626. The maximum Gasteiger partial charge on any atom is 0.306 e. The number of rotatable bonds is 7. The topological polar surface area (TPSA) is 125 Å². The van der Waals surface area contributed by atoms with Gasteiger partial charge < -0.3 is 29.7 Å². The molecule has 4 aliphatic rings. The van der Waals surface area contributed by atoms with E-state index in [9.17, 15) is 24.3 Å². The lowest BCUT2D eigenvalue weighted by Crippen LogP contribution is -2.58. The van der Waals surface area contributed by atoms with Gasteiger partial charge in [-0.25, -0.2) is 0 Å². The molecule has 3 amide bonds. The van der Waals surface area contributed by atoms with Crippen molar-refractivity contribution in [3.05, 3.63) is 58.6 Å². The molecule has 0 radical (unpaired) electrons. The van der Waals surface area contributed by atoms with Crippen LogP contribution in [0.4, 0.5) is 0 Å². The highest BCUT2D eigenvalue weighted by molar-refractivity contribution is 9.11. The molecule has 2 N–H and O–H groups in total. The molecule has 232 valence electrons. The number of carbonyl (C=O) groups is 4. The zero-order valence-corrected chi connectivity index (χ0v) is 26.2. The van der Waals surface area contributed by atoms with Crippen LogP contribution in [-0.4, -0.2) is 88.7 Å². The third kappa shape index (κ3) is 5.79. The number of likely N-dealkylation sites (tertiary alicyclic amines) is 1. The zero-order valence-electron chi connectivity index (χ0n) is 24.6. The molecule has 2 fully saturated rings. The highest BCUT2D eigenvalue weighted by Gasteiger charge is 2.75. The molecule has 0 saturated carbocycles. The van der Waals surface area contributed by atoms with Gasteiger partial charge in [0.2, 0.25) is 17.7 Å². The Morgan fingerprint density at radius 1 is 1.12 bits per heavy atom. The molecule has 5 bridgehead atoms. The smallest absolute Gasteiger partial charge is 0.306 e. The summed E-state index contributed by atoms with van der Waals surface area (Å²) >= 11 is 3.58. The minimum atomic E-state index is -1.38. The molecular weight excluding hydrogens is 618 g/mol. The summed E-state index contributed by atoms with van der Waals surface area (Å²) in [7, 11) is 0. The Bertz CT molecular complexity index is 1280. The average molecular weight is 659 g/mol. The van der Waals surface area contributed by atoms with Crippen LogP contribution in [0.15, 0.2) is 53.0 Å². The zero-order chi connectivity index (χ0) is 30.7. The first-order valence-electron chi connectivity index (χ1n) is 15.2. The molecule has 11 heteroatoms. The van der Waals surface area contributed by atoms with Gasteiger partial charge in [0.05, 0.1) is 30.5 Å². The van der Waals surface area contributed by atoms with Crippen LogP contribution in [0.25, 0.3) is 0 Å². The first-order chi connectivity index (χ1) is 20.8. The number of aliphatic hydroxyl groups is 1.